The van der Waals surface area contributed by atoms with Crippen LogP contribution >= 0.6 is 7.60 Å². The monoisotopic (exact) mass is 519 g/mol. The lowest BCUT2D eigenvalue weighted by molar-refractivity contribution is 0.104. The van der Waals surface area contributed by atoms with Gasteiger partial charge in [-0.05, 0) is 37.1 Å². The lowest BCUT2D eigenvalue weighted by Gasteiger charge is -2.40. The maximum Gasteiger partial charge on any atom is 0.360 e. The SMILES string of the molecule is CCCCCOP(=O)(OCCCCC)[C@]1(NS(=O)(=O)c2ccccc2)C=CC(=O)c2ccccc21. The molecule has 0 unspecified atom stereocenters. The quantitative estimate of drug-likeness (QED) is 0.236. The largest absolute Gasteiger partial charge is 0.360 e. The number of carbonyl (C=O) groups excluding carboxylic acids is 1. The van der Waals surface area contributed by atoms with Gasteiger partial charge in [0.2, 0.25) is 10.0 Å². The summed E-state index contributed by atoms with van der Waals surface area (Å²) >= 11 is 0. The Bertz CT molecular complexity index is 1170. The highest BCUT2D eigenvalue weighted by Gasteiger charge is 2.56. The molecular weight excluding hydrogens is 485 g/mol. The molecule has 0 amide bonds. The molecule has 0 aromatic heterocycles. The lowest BCUT2D eigenvalue weighted by Crippen LogP contribution is -2.47. The number of sulfonamides is 1. The summed E-state index contributed by atoms with van der Waals surface area (Å²) in [5, 5.41) is -1.90. The van der Waals surface area contributed by atoms with E-state index < -0.39 is 22.9 Å². The topological polar surface area (TPSA) is 98.8 Å². The molecule has 0 bridgehead atoms. The summed E-state index contributed by atoms with van der Waals surface area (Å²) in [4.78, 5) is 12.7. The van der Waals surface area contributed by atoms with Gasteiger partial charge in [0, 0.05) is 11.1 Å². The van der Waals surface area contributed by atoms with Crippen molar-refractivity contribution in [2.45, 2.75) is 62.5 Å². The summed E-state index contributed by atoms with van der Waals surface area (Å²) in [7, 11) is -8.39. The Morgan fingerprint density at radius 3 is 2.03 bits per heavy atom. The molecule has 0 fully saturated rings. The van der Waals surface area contributed by atoms with Crippen LogP contribution in [0.1, 0.15) is 68.3 Å². The van der Waals surface area contributed by atoms with Crippen LogP contribution in [-0.4, -0.2) is 27.4 Å². The number of allylic oxidation sites excluding steroid dienone is 1. The van der Waals surface area contributed by atoms with Gasteiger partial charge in [-0.3, -0.25) is 9.36 Å². The molecule has 0 radical (unpaired) electrons. The lowest BCUT2D eigenvalue weighted by atomic mass is 9.92. The predicted octanol–water partition coefficient (Wildman–Crippen LogP) is 6.18. The number of hydrogen-bond donors (Lipinski definition) is 1. The second kappa shape index (κ2) is 12.2. The fraction of sp³-hybridized carbons (Fsp3) is 0.423. The minimum atomic E-state index is -4.21. The number of rotatable bonds is 14. The molecule has 0 saturated carbocycles. The van der Waals surface area contributed by atoms with Crippen LogP contribution in [-0.2, 0) is 28.9 Å². The Labute approximate surface area is 208 Å². The molecule has 1 aliphatic carbocycles. The highest BCUT2D eigenvalue weighted by molar-refractivity contribution is 7.90. The zero-order chi connectivity index (χ0) is 25.4. The summed E-state index contributed by atoms with van der Waals surface area (Å²) in [6.45, 7) is 4.36. The van der Waals surface area contributed by atoms with Crippen LogP contribution in [0.2, 0.25) is 0 Å². The van der Waals surface area contributed by atoms with Crippen LogP contribution in [0.3, 0.4) is 0 Å². The molecule has 35 heavy (non-hydrogen) atoms. The average Bonchev–Trinajstić information content (AvgIpc) is 2.87. The molecule has 190 valence electrons. The first-order valence-electron chi connectivity index (χ1n) is 12.1. The van der Waals surface area contributed by atoms with E-state index in [1.165, 1.54) is 24.3 Å². The van der Waals surface area contributed by atoms with Crippen molar-refractivity contribution in [1.82, 2.24) is 4.72 Å². The van der Waals surface area contributed by atoms with Gasteiger partial charge in [-0.1, -0.05) is 82.0 Å². The number of carbonyl (C=O) groups is 1. The van der Waals surface area contributed by atoms with E-state index in [2.05, 4.69) is 4.72 Å². The van der Waals surface area contributed by atoms with Crippen molar-refractivity contribution in [3.8, 4) is 0 Å². The van der Waals surface area contributed by atoms with E-state index in [0.717, 1.165) is 25.7 Å². The van der Waals surface area contributed by atoms with Crippen LogP contribution in [0.4, 0.5) is 0 Å². The number of unbranched alkanes of at least 4 members (excludes halogenated alkanes) is 4. The third kappa shape index (κ3) is 6.19. The van der Waals surface area contributed by atoms with Crippen LogP contribution in [0.25, 0.3) is 0 Å². The molecule has 2 aromatic rings. The van der Waals surface area contributed by atoms with Gasteiger partial charge in [0.25, 0.3) is 0 Å². The zero-order valence-corrected chi connectivity index (χ0v) is 22.0. The Kier molecular flexibility index (Phi) is 9.62. The molecule has 0 spiro atoms. The summed E-state index contributed by atoms with van der Waals surface area (Å²) in [5.41, 5.74) is 0.502. The van der Waals surface area contributed by atoms with Crippen molar-refractivity contribution >= 4 is 23.4 Å². The van der Waals surface area contributed by atoms with Gasteiger partial charge in [-0.2, -0.15) is 4.72 Å². The molecule has 0 aliphatic heterocycles. The third-order valence-corrected chi connectivity index (χ3v) is 9.92. The van der Waals surface area contributed by atoms with E-state index in [-0.39, 0.29) is 35.0 Å². The molecule has 1 N–H and O–H groups in total. The molecule has 1 atom stereocenters. The maximum absolute atomic E-state index is 14.7. The fourth-order valence-corrected chi connectivity index (χ4v) is 7.96. The van der Waals surface area contributed by atoms with E-state index in [0.29, 0.717) is 12.8 Å². The van der Waals surface area contributed by atoms with Crippen LogP contribution < -0.4 is 4.72 Å². The van der Waals surface area contributed by atoms with Crippen LogP contribution in [0.5, 0.6) is 0 Å². The predicted molar refractivity (Wildman–Crippen MR) is 137 cm³/mol. The minimum Gasteiger partial charge on any atom is -0.307 e. The highest BCUT2D eigenvalue weighted by Crippen LogP contribution is 2.66. The highest BCUT2D eigenvalue weighted by atomic mass is 32.2. The Hall–Kier alpha value is -2.09. The molecule has 0 saturated heterocycles. The minimum absolute atomic E-state index is 0.00525. The number of benzene rings is 2. The molecule has 7 nitrogen and oxygen atoms in total. The number of hydrogen-bond acceptors (Lipinski definition) is 6. The summed E-state index contributed by atoms with van der Waals surface area (Å²) in [6.07, 6.45) is 7.47. The molecular formula is C26H34NO6PS. The van der Waals surface area contributed by atoms with Gasteiger partial charge in [0.1, 0.15) is 0 Å². The van der Waals surface area contributed by atoms with E-state index in [1.807, 2.05) is 13.8 Å². The second-order valence-electron chi connectivity index (χ2n) is 8.51. The van der Waals surface area contributed by atoms with Gasteiger partial charge in [0.15, 0.2) is 11.1 Å². The fourth-order valence-electron chi connectivity index (χ4n) is 3.97. The van der Waals surface area contributed by atoms with Crippen LogP contribution in [0, 0.1) is 0 Å². The summed E-state index contributed by atoms with van der Waals surface area (Å²) < 4.78 is 56.3. The van der Waals surface area contributed by atoms with Crippen molar-refractivity contribution in [3.63, 3.8) is 0 Å². The van der Waals surface area contributed by atoms with E-state index in [1.54, 1.807) is 42.5 Å². The molecule has 9 heteroatoms. The standard InChI is InChI=1S/C26H34NO6PS/c1-3-5-12-20-32-34(29,33-21-13-6-4-2)26(27-35(30,31)22-14-8-7-9-15-22)19-18-25(28)23-16-10-11-17-24(23)26/h7-11,14-19,27H,3-6,12-13,20-21H2,1-2H3/t26-/m1/s1. The maximum atomic E-state index is 14.7. The van der Waals surface area contributed by atoms with Gasteiger partial charge in [0.05, 0.1) is 18.1 Å². The van der Waals surface area contributed by atoms with Crippen molar-refractivity contribution in [2.75, 3.05) is 13.2 Å². The normalized spacial score (nSPS) is 17.9. The van der Waals surface area contributed by atoms with Gasteiger partial charge < -0.3 is 9.05 Å². The van der Waals surface area contributed by atoms with Gasteiger partial charge in [-0.15, -0.1) is 0 Å². The van der Waals surface area contributed by atoms with Gasteiger partial charge >= 0.3 is 7.60 Å². The first-order chi connectivity index (χ1) is 16.8. The van der Waals surface area contributed by atoms with Crippen molar-refractivity contribution < 1.29 is 26.8 Å². The first-order valence-corrected chi connectivity index (χ1v) is 15.1. The molecule has 3 rings (SSSR count). The Morgan fingerprint density at radius 2 is 1.43 bits per heavy atom. The second-order valence-corrected chi connectivity index (χ2v) is 12.4. The number of ketones is 1. The van der Waals surface area contributed by atoms with Crippen molar-refractivity contribution in [3.05, 3.63) is 77.9 Å². The Balaban J connectivity index is 2.15. The van der Waals surface area contributed by atoms with Crippen molar-refractivity contribution in [1.29, 1.82) is 0 Å². The molecule has 2 aromatic carbocycles. The zero-order valence-electron chi connectivity index (χ0n) is 20.3. The first kappa shape index (κ1) is 27.5. The van der Waals surface area contributed by atoms with E-state index in [4.69, 9.17) is 9.05 Å². The van der Waals surface area contributed by atoms with Crippen molar-refractivity contribution in [2.24, 2.45) is 0 Å². The van der Waals surface area contributed by atoms with E-state index >= 15 is 0 Å². The smallest absolute Gasteiger partial charge is 0.307 e. The van der Waals surface area contributed by atoms with Gasteiger partial charge in [-0.25, -0.2) is 8.42 Å². The number of fused-ring (bicyclic) bond motifs is 1. The molecule has 0 heterocycles. The third-order valence-electron chi connectivity index (χ3n) is 5.87. The van der Waals surface area contributed by atoms with Crippen LogP contribution in [0.15, 0.2) is 71.6 Å². The number of nitrogens with one attached hydrogen (secondary N) is 1. The Morgan fingerprint density at radius 1 is 0.857 bits per heavy atom. The molecule has 1 aliphatic rings. The summed E-state index contributed by atoms with van der Waals surface area (Å²) in [6, 6.07) is 14.4. The summed E-state index contributed by atoms with van der Waals surface area (Å²) in [5.74, 6) is -0.307. The average molecular weight is 520 g/mol. The van der Waals surface area contributed by atoms with E-state index in [9.17, 15) is 17.8 Å².